The van der Waals surface area contributed by atoms with Gasteiger partial charge in [0.1, 0.15) is 0 Å². The van der Waals surface area contributed by atoms with Gasteiger partial charge in [0.25, 0.3) is 0 Å². The predicted octanol–water partition coefficient (Wildman–Crippen LogP) is 2.24. The lowest BCUT2D eigenvalue weighted by Crippen LogP contribution is -2.33. The summed E-state index contributed by atoms with van der Waals surface area (Å²) in [6.07, 6.45) is 2.50. The molecule has 1 aliphatic carbocycles. The first kappa shape index (κ1) is 12.2. The van der Waals surface area contributed by atoms with E-state index in [0.717, 1.165) is 32.5 Å². The quantitative estimate of drug-likeness (QED) is 0.826. The Kier molecular flexibility index (Phi) is 3.37. The van der Waals surface area contributed by atoms with E-state index in [1.165, 1.54) is 11.1 Å². The molecule has 3 heteroatoms. The molecule has 3 rings (SSSR count). The molecule has 1 aromatic rings. The van der Waals surface area contributed by atoms with E-state index in [2.05, 4.69) is 36.1 Å². The molecule has 98 valence electrons. The second-order valence-corrected chi connectivity index (χ2v) is 5.52. The number of hydrogen-bond acceptors (Lipinski definition) is 3. The van der Waals surface area contributed by atoms with Crippen LogP contribution in [-0.2, 0) is 4.74 Å². The number of hydrogen-bond donors (Lipinski definition) is 1. The highest BCUT2D eigenvalue weighted by Gasteiger charge is 2.33. The second kappa shape index (κ2) is 5.00. The van der Waals surface area contributed by atoms with Crippen molar-refractivity contribution in [2.45, 2.75) is 38.0 Å². The predicted molar refractivity (Wildman–Crippen MR) is 72.3 cm³/mol. The van der Waals surface area contributed by atoms with Crippen LogP contribution in [0.2, 0.25) is 0 Å². The average molecular weight is 246 g/mol. The number of nitrogens with zero attached hydrogens (tertiary/aromatic N) is 1. The molecule has 1 fully saturated rings. The Morgan fingerprint density at radius 3 is 2.89 bits per heavy atom. The minimum Gasteiger partial charge on any atom is -0.377 e. The Labute approximate surface area is 109 Å². The fraction of sp³-hybridized carbons (Fsp3) is 0.600. The van der Waals surface area contributed by atoms with Gasteiger partial charge in [0, 0.05) is 31.8 Å². The number of fused-ring (bicyclic) bond motifs is 1. The molecule has 0 saturated carbocycles. The third-order valence-electron chi connectivity index (χ3n) is 4.16. The first-order valence-corrected chi connectivity index (χ1v) is 6.96. The Balaban J connectivity index is 1.85. The van der Waals surface area contributed by atoms with Crippen LogP contribution in [0, 0.1) is 0 Å². The highest BCUT2D eigenvalue weighted by Crippen LogP contribution is 2.41. The fourth-order valence-electron chi connectivity index (χ4n) is 3.30. The molecule has 18 heavy (non-hydrogen) atoms. The molecular weight excluding hydrogens is 224 g/mol. The summed E-state index contributed by atoms with van der Waals surface area (Å²) in [7, 11) is 0. The molecule has 3 nitrogen and oxygen atoms in total. The van der Waals surface area contributed by atoms with Gasteiger partial charge < -0.3 is 10.5 Å². The summed E-state index contributed by atoms with van der Waals surface area (Å²) in [5.41, 5.74) is 9.02. The summed E-state index contributed by atoms with van der Waals surface area (Å²) in [6.45, 7) is 5.19. The zero-order chi connectivity index (χ0) is 12.5. The molecular formula is C15H22N2O. The Morgan fingerprint density at radius 1 is 1.28 bits per heavy atom. The normalized spacial score (nSPS) is 33.1. The van der Waals surface area contributed by atoms with Gasteiger partial charge in [-0.25, -0.2) is 0 Å². The molecule has 0 spiro atoms. The van der Waals surface area contributed by atoms with Gasteiger partial charge in [-0.05, 0) is 30.9 Å². The summed E-state index contributed by atoms with van der Waals surface area (Å²) < 4.78 is 5.73. The van der Waals surface area contributed by atoms with Crippen molar-refractivity contribution in [1.29, 1.82) is 0 Å². The van der Waals surface area contributed by atoms with Gasteiger partial charge >= 0.3 is 0 Å². The van der Waals surface area contributed by atoms with Crippen molar-refractivity contribution in [1.82, 2.24) is 4.90 Å². The van der Waals surface area contributed by atoms with Crippen molar-refractivity contribution >= 4 is 0 Å². The van der Waals surface area contributed by atoms with E-state index in [0.29, 0.717) is 12.1 Å². The molecule has 1 aliphatic heterocycles. The molecule has 1 saturated heterocycles. The van der Waals surface area contributed by atoms with Crippen LogP contribution in [0.4, 0.5) is 0 Å². The Morgan fingerprint density at radius 2 is 2.06 bits per heavy atom. The van der Waals surface area contributed by atoms with Crippen LogP contribution in [0.3, 0.4) is 0 Å². The molecule has 0 amide bonds. The number of benzene rings is 1. The van der Waals surface area contributed by atoms with Crippen molar-refractivity contribution in [3.8, 4) is 0 Å². The maximum atomic E-state index is 6.26. The van der Waals surface area contributed by atoms with E-state index >= 15 is 0 Å². The van der Waals surface area contributed by atoms with E-state index in [-0.39, 0.29) is 6.04 Å². The third kappa shape index (κ3) is 2.18. The van der Waals surface area contributed by atoms with Gasteiger partial charge in [0.2, 0.25) is 0 Å². The van der Waals surface area contributed by atoms with Crippen LogP contribution >= 0.6 is 0 Å². The summed E-state index contributed by atoms with van der Waals surface area (Å²) in [6, 6.07) is 9.32. The monoisotopic (exact) mass is 246 g/mol. The van der Waals surface area contributed by atoms with E-state index in [9.17, 15) is 0 Å². The number of ether oxygens (including phenoxy) is 1. The molecule has 2 aliphatic rings. The molecule has 2 N–H and O–H groups in total. The topological polar surface area (TPSA) is 38.5 Å². The molecule has 0 bridgehead atoms. The van der Waals surface area contributed by atoms with Crippen LogP contribution in [0.1, 0.15) is 43.0 Å². The molecule has 3 unspecified atom stereocenters. The third-order valence-corrected chi connectivity index (χ3v) is 4.16. The first-order chi connectivity index (χ1) is 8.75. The minimum atomic E-state index is 0.200. The zero-order valence-corrected chi connectivity index (χ0v) is 11.0. The van der Waals surface area contributed by atoms with Crippen LogP contribution < -0.4 is 5.73 Å². The van der Waals surface area contributed by atoms with E-state index in [4.69, 9.17) is 10.5 Å². The highest BCUT2D eigenvalue weighted by atomic mass is 16.5. The maximum absolute atomic E-state index is 6.26. The van der Waals surface area contributed by atoms with Gasteiger partial charge in [-0.3, -0.25) is 4.90 Å². The van der Waals surface area contributed by atoms with Crippen molar-refractivity contribution < 1.29 is 4.74 Å². The highest BCUT2D eigenvalue weighted by molar-refractivity contribution is 5.37. The maximum Gasteiger partial charge on any atom is 0.0674 e. The Bertz CT molecular complexity index is 421. The lowest BCUT2D eigenvalue weighted by Gasteiger charge is -2.29. The summed E-state index contributed by atoms with van der Waals surface area (Å²) in [4.78, 5) is 2.56. The van der Waals surface area contributed by atoms with Gasteiger partial charge in [0.05, 0.1) is 6.10 Å². The average Bonchev–Trinajstić information content (AvgIpc) is 2.57. The van der Waals surface area contributed by atoms with Gasteiger partial charge in [-0.1, -0.05) is 24.3 Å². The summed E-state index contributed by atoms with van der Waals surface area (Å²) >= 11 is 0. The standard InChI is InChI=1S/C15H22N2O/c1-11-10-17(7-4-8-18-11)15-9-14(16)12-5-2-3-6-13(12)15/h2-3,5-6,11,14-15H,4,7-10,16H2,1H3. The van der Waals surface area contributed by atoms with Gasteiger partial charge in [-0.15, -0.1) is 0 Å². The van der Waals surface area contributed by atoms with Crippen molar-refractivity contribution in [2.75, 3.05) is 19.7 Å². The lowest BCUT2D eigenvalue weighted by atomic mass is 10.1. The minimum absolute atomic E-state index is 0.200. The van der Waals surface area contributed by atoms with Crippen molar-refractivity contribution in [2.24, 2.45) is 5.73 Å². The molecule has 0 aromatic heterocycles. The largest absolute Gasteiger partial charge is 0.377 e. The number of nitrogens with two attached hydrogens (primary N) is 1. The van der Waals surface area contributed by atoms with Gasteiger partial charge in [0.15, 0.2) is 0 Å². The molecule has 0 radical (unpaired) electrons. The van der Waals surface area contributed by atoms with Crippen molar-refractivity contribution in [3.05, 3.63) is 35.4 Å². The first-order valence-electron chi connectivity index (χ1n) is 6.96. The zero-order valence-electron chi connectivity index (χ0n) is 11.0. The van der Waals surface area contributed by atoms with Crippen LogP contribution in [0.5, 0.6) is 0 Å². The van der Waals surface area contributed by atoms with E-state index < -0.39 is 0 Å². The van der Waals surface area contributed by atoms with Crippen molar-refractivity contribution in [3.63, 3.8) is 0 Å². The molecule has 1 heterocycles. The van der Waals surface area contributed by atoms with E-state index in [1.807, 2.05) is 0 Å². The summed E-state index contributed by atoms with van der Waals surface area (Å²) in [5, 5.41) is 0. The summed E-state index contributed by atoms with van der Waals surface area (Å²) in [5.74, 6) is 0. The van der Waals surface area contributed by atoms with Crippen LogP contribution in [0.25, 0.3) is 0 Å². The van der Waals surface area contributed by atoms with E-state index in [1.54, 1.807) is 0 Å². The number of rotatable bonds is 1. The SMILES string of the molecule is CC1CN(C2CC(N)c3ccccc32)CCCO1. The molecule has 3 atom stereocenters. The molecule has 1 aromatic carbocycles. The fourth-order valence-corrected chi connectivity index (χ4v) is 3.30. The smallest absolute Gasteiger partial charge is 0.0674 e. The Hall–Kier alpha value is -0.900. The lowest BCUT2D eigenvalue weighted by molar-refractivity contribution is 0.0601. The van der Waals surface area contributed by atoms with Crippen LogP contribution in [-0.4, -0.2) is 30.7 Å². The van der Waals surface area contributed by atoms with Crippen LogP contribution in [0.15, 0.2) is 24.3 Å². The van der Waals surface area contributed by atoms with Gasteiger partial charge in [-0.2, -0.15) is 0 Å². The second-order valence-electron chi connectivity index (χ2n) is 5.52.